The van der Waals surface area contributed by atoms with E-state index in [4.69, 9.17) is 9.72 Å². The van der Waals surface area contributed by atoms with E-state index in [0.717, 1.165) is 39.4 Å². The van der Waals surface area contributed by atoms with Crippen molar-refractivity contribution in [3.05, 3.63) is 75.6 Å². The van der Waals surface area contributed by atoms with Gasteiger partial charge in [0.25, 0.3) is 5.56 Å². The molecule has 2 aromatic carbocycles. The summed E-state index contributed by atoms with van der Waals surface area (Å²) in [6, 6.07) is 16.1. The van der Waals surface area contributed by atoms with E-state index in [0.29, 0.717) is 17.1 Å². The number of nitrogens with zero attached hydrogens (tertiary/aromatic N) is 2. The quantitative estimate of drug-likeness (QED) is 0.232. The summed E-state index contributed by atoms with van der Waals surface area (Å²) in [5.41, 5.74) is 5.28. The number of hydrogen-bond donors (Lipinski definition) is 0. The second-order valence-corrected chi connectivity index (χ2v) is 9.60. The molecule has 0 saturated heterocycles. The molecule has 0 radical (unpaired) electrons. The number of thiophene rings is 1. The third-order valence-corrected chi connectivity index (χ3v) is 7.75. The van der Waals surface area contributed by atoms with Gasteiger partial charge in [-0.25, -0.2) is 4.98 Å². The second-order valence-electron chi connectivity index (χ2n) is 7.66. The van der Waals surface area contributed by atoms with E-state index in [1.165, 1.54) is 22.9 Å². The molecule has 5 nitrogen and oxygen atoms in total. The van der Waals surface area contributed by atoms with Crippen LogP contribution < -0.4 is 5.56 Å². The van der Waals surface area contributed by atoms with Crippen molar-refractivity contribution in [2.24, 2.45) is 0 Å². The predicted octanol–water partition coefficient (Wildman–Crippen LogP) is 5.18. The minimum Gasteiger partial charge on any atom is -0.465 e. The second kappa shape index (κ2) is 8.56. The number of esters is 1. The first-order chi connectivity index (χ1) is 15.6. The highest BCUT2D eigenvalue weighted by Crippen LogP contribution is 2.42. The number of carbonyl (C=O) groups is 1. The van der Waals surface area contributed by atoms with E-state index in [1.54, 1.807) is 22.8 Å². The topological polar surface area (TPSA) is 61.2 Å². The van der Waals surface area contributed by atoms with E-state index in [2.05, 4.69) is 18.2 Å². The molecule has 162 valence electrons. The maximum Gasteiger partial charge on any atom is 0.316 e. The first-order valence-electron chi connectivity index (χ1n) is 10.6. The fourth-order valence-corrected chi connectivity index (χ4v) is 6.34. The Kier molecular flexibility index (Phi) is 5.61. The van der Waals surface area contributed by atoms with Crippen LogP contribution in [0.5, 0.6) is 0 Å². The van der Waals surface area contributed by atoms with Crippen LogP contribution in [0.1, 0.15) is 23.6 Å². The third kappa shape index (κ3) is 3.55. The molecule has 0 amide bonds. The van der Waals surface area contributed by atoms with Gasteiger partial charge in [-0.05, 0) is 55.0 Å². The van der Waals surface area contributed by atoms with Gasteiger partial charge in [-0.1, -0.05) is 54.2 Å². The molecule has 2 heterocycles. The summed E-state index contributed by atoms with van der Waals surface area (Å²) in [7, 11) is 0. The van der Waals surface area contributed by atoms with Crippen LogP contribution in [0.25, 0.3) is 26.3 Å². The first kappa shape index (κ1) is 21.0. The van der Waals surface area contributed by atoms with Crippen LogP contribution in [-0.4, -0.2) is 27.9 Å². The molecule has 0 spiro atoms. The molecule has 2 aromatic heterocycles. The van der Waals surface area contributed by atoms with Crippen LogP contribution in [0, 0.1) is 6.92 Å². The minimum absolute atomic E-state index is 0.0764. The molecule has 0 fully saturated rings. The average Bonchev–Trinajstić information content (AvgIpc) is 3.18. The smallest absolute Gasteiger partial charge is 0.316 e. The van der Waals surface area contributed by atoms with Crippen molar-refractivity contribution in [1.29, 1.82) is 0 Å². The molecule has 0 atom stereocenters. The molecule has 0 unspecified atom stereocenters. The van der Waals surface area contributed by atoms with Gasteiger partial charge < -0.3 is 4.74 Å². The lowest BCUT2D eigenvalue weighted by atomic mass is 9.90. The lowest BCUT2D eigenvalue weighted by Crippen LogP contribution is -2.23. The summed E-state index contributed by atoms with van der Waals surface area (Å²) < 4.78 is 6.75. The number of para-hydroxylation sites is 1. The maximum atomic E-state index is 13.9. The Bertz CT molecular complexity index is 1400. The van der Waals surface area contributed by atoms with Crippen LogP contribution in [0.15, 0.2) is 58.5 Å². The van der Waals surface area contributed by atoms with Gasteiger partial charge in [0, 0.05) is 4.88 Å². The number of aryl methyl sites for hydroxylation is 3. The number of thioether (sulfide) groups is 1. The van der Waals surface area contributed by atoms with Crippen molar-refractivity contribution in [3.63, 3.8) is 0 Å². The zero-order chi connectivity index (χ0) is 22.2. The molecule has 0 N–H and O–H groups in total. The van der Waals surface area contributed by atoms with Crippen molar-refractivity contribution >= 4 is 39.3 Å². The molecule has 4 aromatic rings. The maximum absolute atomic E-state index is 13.9. The number of benzene rings is 2. The molecule has 0 bridgehead atoms. The highest BCUT2D eigenvalue weighted by molar-refractivity contribution is 7.99. The summed E-state index contributed by atoms with van der Waals surface area (Å²) in [6.45, 7) is 4.09. The number of hydrogen-bond acceptors (Lipinski definition) is 6. The van der Waals surface area contributed by atoms with Crippen LogP contribution in [0.4, 0.5) is 0 Å². The van der Waals surface area contributed by atoms with Crippen molar-refractivity contribution in [2.75, 3.05) is 12.4 Å². The first-order valence-corrected chi connectivity index (χ1v) is 12.4. The van der Waals surface area contributed by atoms with Gasteiger partial charge in [0.2, 0.25) is 0 Å². The Balaban J connectivity index is 1.74. The molecule has 0 aliphatic heterocycles. The highest BCUT2D eigenvalue weighted by Gasteiger charge is 2.26. The Morgan fingerprint density at radius 2 is 1.94 bits per heavy atom. The highest BCUT2D eigenvalue weighted by atomic mass is 32.2. The Hall–Kier alpha value is -2.90. The Morgan fingerprint density at radius 1 is 1.16 bits per heavy atom. The number of rotatable bonds is 5. The molecular formula is C25H22N2O3S2. The monoisotopic (exact) mass is 462 g/mol. The average molecular weight is 463 g/mol. The molecule has 1 aliphatic rings. The zero-order valence-electron chi connectivity index (χ0n) is 17.9. The fraction of sp³-hybridized carbons (Fsp3) is 0.240. The molecule has 32 heavy (non-hydrogen) atoms. The van der Waals surface area contributed by atoms with Gasteiger partial charge in [0.15, 0.2) is 5.16 Å². The molecular weight excluding hydrogens is 440 g/mol. The largest absolute Gasteiger partial charge is 0.465 e. The van der Waals surface area contributed by atoms with Crippen molar-refractivity contribution in [1.82, 2.24) is 9.55 Å². The van der Waals surface area contributed by atoms with Crippen LogP contribution in [0.3, 0.4) is 0 Å². The molecule has 0 saturated carbocycles. The van der Waals surface area contributed by atoms with E-state index in [-0.39, 0.29) is 17.3 Å². The number of ether oxygens (including phenoxy) is 1. The number of carbonyl (C=O) groups excluding carboxylic acids is 1. The fourth-order valence-electron chi connectivity index (χ4n) is 4.21. The van der Waals surface area contributed by atoms with Gasteiger partial charge in [0.05, 0.1) is 23.4 Å². The lowest BCUT2D eigenvalue weighted by molar-refractivity contribution is -0.139. The van der Waals surface area contributed by atoms with Gasteiger partial charge >= 0.3 is 5.97 Å². The van der Waals surface area contributed by atoms with E-state index in [1.807, 2.05) is 37.3 Å². The summed E-state index contributed by atoms with van der Waals surface area (Å²) in [6.07, 6.45) is 1.74. The van der Waals surface area contributed by atoms with E-state index < -0.39 is 0 Å². The summed E-state index contributed by atoms with van der Waals surface area (Å²) in [5.74, 6) is -0.214. The van der Waals surface area contributed by atoms with Gasteiger partial charge in [-0.2, -0.15) is 0 Å². The van der Waals surface area contributed by atoms with Crippen molar-refractivity contribution in [3.8, 4) is 16.1 Å². The molecule has 1 aliphatic carbocycles. The van der Waals surface area contributed by atoms with Crippen molar-refractivity contribution in [2.45, 2.75) is 31.8 Å². The molecule has 5 rings (SSSR count). The van der Waals surface area contributed by atoms with Crippen molar-refractivity contribution < 1.29 is 9.53 Å². The third-order valence-electron chi connectivity index (χ3n) is 5.68. The van der Waals surface area contributed by atoms with Crippen LogP contribution in [0.2, 0.25) is 0 Å². The van der Waals surface area contributed by atoms with E-state index >= 15 is 0 Å². The molecule has 7 heteroatoms. The Labute approximate surface area is 194 Å². The predicted molar refractivity (Wildman–Crippen MR) is 130 cm³/mol. The minimum atomic E-state index is -0.317. The van der Waals surface area contributed by atoms with Gasteiger partial charge in [0.1, 0.15) is 4.83 Å². The SMILES string of the molecule is CCOC(=O)CSc1nc2sc3c(c2c(=O)n1-c1ccccc1C)CCc1ccccc1-3. The normalized spacial score (nSPS) is 12.4. The van der Waals surface area contributed by atoms with Gasteiger partial charge in [-0.3, -0.25) is 14.2 Å². The standard InChI is InChI=1S/C25H22N2O3S2/c1-3-30-20(28)14-31-25-26-23-21(24(29)27(25)19-11-7-4-8-15(19)2)18-13-12-16-9-5-6-10-17(16)22(18)32-23/h4-11H,3,12-14H2,1-2H3. The van der Waals surface area contributed by atoms with Crippen LogP contribution >= 0.6 is 23.1 Å². The lowest BCUT2D eigenvalue weighted by Gasteiger charge is -2.16. The zero-order valence-corrected chi connectivity index (χ0v) is 19.5. The summed E-state index contributed by atoms with van der Waals surface area (Å²) >= 11 is 2.81. The van der Waals surface area contributed by atoms with Crippen LogP contribution in [-0.2, 0) is 22.4 Å². The Morgan fingerprint density at radius 3 is 2.75 bits per heavy atom. The number of aromatic nitrogens is 2. The summed E-state index contributed by atoms with van der Waals surface area (Å²) in [4.78, 5) is 32.7. The van der Waals surface area contributed by atoms with E-state index in [9.17, 15) is 9.59 Å². The summed E-state index contributed by atoms with van der Waals surface area (Å²) in [5, 5.41) is 1.21. The van der Waals surface area contributed by atoms with Gasteiger partial charge in [-0.15, -0.1) is 11.3 Å². The number of fused-ring (bicyclic) bond motifs is 5.